The number of hydrogen-bond acceptors (Lipinski definition) is 7. The second-order valence-corrected chi connectivity index (χ2v) is 11.0. The lowest BCUT2D eigenvalue weighted by atomic mass is 9.97. The monoisotopic (exact) mass is 618 g/mol. The minimum Gasteiger partial charge on any atom is -0.444 e. The summed E-state index contributed by atoms with van der Waals surface area (Å²) in [7, 11) is 0. The highest BCUT2D eigenvalue weighted by Crippen LogP contribution is 2.32. The molecule has 4 amide bonds. The quantitative estimate of drug-likeness (QED) is 0.345. The molecular weight excluding hydrogens is 581 g/mol. The van der Waals surface area contributed by atoms with E-state index in [9.17, 15) is 32.3 Å². The molecule has 2 aromatic rings. The number of ether oxygens (including phenoxy) is 1. The van der Waals surface area contributed by atoms with E-state index in [2.05, 4.69) is 5.32 Å². The number of halogens is 3. The molecule has 0 unspecified atom stereocenters. The summed E-state index contributed by atoms with van der Waals surface area (Å²) in [6.07, 6.45) is -5.04. The molecule has 2 heterocycles. The Balaban J connectivity index is 1.65. The van der Waals surface area contributed by atoms with Crippen molar-refractivity contribution < 1.29 is 37.1 Å². The first-order chi connectivity index (χ1) is 20.9. The zero-order valence-corrected chi connectivity index (χ0v) is 24.4. The van der Waals surface area contributed by atoms with Crippen LogP contribution in [-0.4, -0.2) is 82.9 Å². The van der Waals surface area contributed by atoms with Gasteiger partial charge in [0.05, 0.1) is 25.2 Å². The maximum atomic E-state index is 13.8. The minimum atomic E-state index is -4.58. The molecular formula is C30H37F3N6O5. The van der Waals surface area contributed by atoms with Crippen molar-refractivity contribution in [3.05, 3.63) is 70.8 Å². The molecule has 3 atom stereocenters. The van der Waals surface area contributed by atoms with Gasteiger partial charge >= 0.3 is 12.3 Å². The number of amides is 4. The van der Waals surface area contributed by atoms with Crippen molar-refractivity contribution in [3.8, 4) is 0 Å². The number of carbonyl (C=O) groups excluding carboxylic acids is 4. The van der Waals surface area contributed by atoms with Gasteiger partial charge in [0.2, 0.25) is 17.7 Å². The molecule has 0 spiro atoms. The van der Waals surface area contributed by atoms with Gasteiger partial charge in [0.1, 0.15) is 24.9 Å². The fourth-order valence-electron chi connectivity index (χ4n) is 5.62. The molecule has 0 saturated carbocycles. The number of nitrogens with zero attached hydrogens (tertiary/aromatic N) is 3. The number of nitrogens with two attached hydrogens (primary N) is 2. The molecule has 11 nitrogen and oxygen atoms in total. The molecule has 0 aromatic heterocycles. The van der Waals surface area contributed by atoms with Gasteiger partial charge in [-0.25, -0.2) is 4.79 Å². The van der Waals surface area contributed by atoms with E-state index in [1.807, 2.05) is 30.3 Å². The van der Waals surface area contributed by atoms with Crippen molar-refractivity contribution in [2.45, 2.75) is 63.8 Å². The predicted octanol–water partition coefficient (Wildman–Crippen LogP) is 2.10. The van der Waals surface area contributed by atoms with Gasteiger partial charge in [0, 0.05) is 6.54 Å². The second kappa shape index (κ2) is 14.1. The molecule has 2 fully saturated rings. The number of piperazine rings is 1. The van der Waals surface area contributed by atoms with Crippen LogP contribution < -0.4 is 16.8 Å². The third kappa shape index (κ3) is 7.66. The Labute approximate surface area is 253 Å². The number of alkyl halides is 3. The highest BCUT2D eigenvalue weighted by atomic mass is 19.4. The first kappa shape index (κ1) is 32.7. The lowest BCUT2D eigenvalue weighted by Gasteiger charge is -2.53. The molecule has 44 heavy (non-hydrogen) atoms. The average Bonchev–Trinajstić information content (AvgIpc) is 2.98. The summed E-state index contributed by atoms with van der Waals surface area (Å²) >= 11 is 0. The maximum absolute atomic E-state index is 13.8. The minimum absolute atomic E-state index is 0.0395. The number of fused-ring (bicyclic) bond motifs is 1. The summed E-state index contributed by atoms with van der Waals surface area (Å²) in [6.45, 7) is 0.922. The second-order valence-electron chi connectivity index (χ2n) is 11.0. The van der Waals surface area contributed by atoms with E-state index < -0.39 is 61.0 Å². The van der Waals surface area contributed by atoms with Gasteiger partial charge in [-0.2, -0.15) is 13.2 Å². The molecule has 14 heteroatoms. The summed E-state index contributed by atoms with van der Waals surface area (Å²) in [6, 6.07) is 10.5. The van der Waals surface area contributed by atoms with Gasteiger partial charge in [0.15, 0.2) is 0 Å². The van der Waals surface area contributed by atoms with Crippen LogP contribution in [0.5, 0.6) is 0 Å². The average molecular weight is 619 g/mol. The molecule has 2 saturated heterocycles. The van der Waals surface area contributed by atoms with Crippen LogP contribution in [0.1, 0.15) is 41.5 Å². The maximum Gasteiger partial charge on any atom is 0.416 e. The van der Waals surface area contributed by atoms with Crippen LogP contribution in [-0.2, 0) is 38.4 Å². The summed E-state index contributed by atoms with van der Waals surface area (Å²) in [5.41, 5.74) is 11.6. The van der Waals surface area contributed by atoms with Crippen molar-refractivity contribution >= 4 is 23.8 Å². The van der Waals surface area contributed by atoms with Crippen LogP contribution in [0.3, 0.4) is 0 Å². The molecule has 238 valence electrons. The number of rotatable bonds is 10. The first-order valence-electron chi connectivity index (χ1n) is 14.4. The number of hydrogen-bond donors (Lipinski definition) is 3. The van der Waals surface area contributed by atoms with E-state index in [0.717, 1.165) is 17.7 Å². The Bertz CT molecular complexity index is 1360. The number of carbonyl (C=O) groups is 4. The molecule has 0 aliphatic carbocycles. The Kier molecular flexibility index (Phi) is 10.5. The van der Waals surface area contributed by atoms with Crippen molar-refractivity contribution in [2.75, 3.05) is 26.2 Å². The lowest BCUT2D eigenvalue weighted by Crippen LogP contribution is -2.75. The summed E-state index contributed by atoms with van der Waals surface area (Å²) in [4.78, 5) is 57.5. The summed E-state index contributed by atoms with van der Waals surface area (Å²) in [5.74, 6) is -1.49. The largest absolute Gasteiger partial charge is 0.444 e. The van der Waals surface area contributed by atoms with E-state index in [1.54, 1.807) is 4.90 Å². The number of benzene rings is 2. The first-order valence-corrected chi connectivity index (χ1v) is 14.4. The number of aryl methyl sites for hydroxylation is 1. The topological polar surface area (TPSA) is 151 Å². The van der Waals surface area contributed by atoms with Gasteiger partial charge in [-0.15, -0.1) is 0 Å². The fraction of sp³-hybridized carbons (Fsp3) is 0.467. The van der Waals surface area contributed by atoms with Crippen LogP contribution in [0.25, 0.3) is 0 Å². The Hall–Kier alpha value is -4.17. The fourth-order valence-corrected chi connectivity index (χ4v) is 5.62. The van der Waals surface area contributed by atoms with Crippen LogP contribution in [0.4, 0.5) is 18.0 Å². The van der Waals surface area contributed by atoms with Gasteiger partial charge < -0.3 is 31.3 Å². The van der Waals surface area contributed by atoms with E-state index >= 15 is 0 Å². The SMILES string of the molecule is Cc1cc(COC(=O)N2C[C@H](NC(=O)CN)C(=O)N3[C@@H]2CN(Cc2ccccc2)C(=O)[C@@H]3CCCCN)cc(C(F)(F)F)c1. The van der Waals surface area contributed by atoms with E-state index in [0.29, 0.717) is 24.9 Å². The molecule has 2 aliphatic rings. The Morgan fingerprint density at radius 2 is 1.73 bits per heavy atom. The normalized spacial score (nSPS) is 20.4. The third-order valence-corrected chi connectivity index (χ3v) is 7.66. The summed E-state index contributed by atoms with van der Waals surface area (Å²) < 4.78 is 45.6. The van der Waals surface area contributed by atoms with Gasteiger partial charge in [-0.3, -0.25) is 19.3 Å². The molecule has 4 rings (SSSR count). The van der Waals surface area contributed by atoms with Crippen molar-refractivity contribution in [2.24, 2.45) is 11.5 Å². The van der Waals surface area contributed by atoms with Crippen molar-refractivity contribution in [3.63, 3.8) is 0 Å². The molecule has 0 bridgehead atoms. The van der Waals surface area contributed by atoms with Crippen LogP contribution in [0.15, 0.2) is 48.5 Å². The van der Waals surface area contributed by atoms with Gasteiger partial charge in [0.25, 0.3) is 0 Å². The highest BCUT2D eigenvalue weighted by Gasteiger charge is 2.52. The van der Waals surface area contributed by atoms with E-state index in [4.69, 9.17) is 16.2 Å². The standard InChI is InChI=1S/C30H37F3N6O5/c1-19-11-21(13-22(12-19)30(31,32)33)18-44-29(43)38-16-23(36-25(40)14-35)27(41)39-24(9-5-6-10-34)28(42)37(17-26(38)39)15-20-7-3-2-4-8-20/h2-4,7-8,11-13,23-24,26H,5-6,9-10,14-18,34-35H2,1H3,(H,36,40)/t23-,24-,26+/m0/s1. The lowest BCUT2D eigenvalue weighted by molar-refractivity contribution is -0.171. The van der Waals surface area contributed by atoms with Crippen LogP contribution >= 0.6 is 0 Å². The zero-order valence-electron chi connectivity index (χ0n) is 24.4. The smallest absolute Gasteiger partial charge is 0.416 e. The highest BCUT2D eigenvalue weighted by molar-refractivity contribution is 5.95. The summed E-state index contributed by atoms with van der Waals surface area (Å²) in [5, 5.41) is 2.52. The van der Waals surface area contributed by atoms with Crippen molar-refractivity contribution in [1.29, 1.82) is 0 Å². The van der Waals surface area contributed by atoms with Crippen LogP contribution in [0, 0.1) is 6.92 Å². The number of nitrogens with one attached hydrogen (secondary N) is 1. The van der Waals surface area contributed by atoms with Gasteiger partial charge in [-0.05, 0) is 56.0 Å². The molecule has 2 aromatic carbocycles. The zero-order chi connectivity index (χ0) is 32.0. The van der Waals surface area contributed by atoms with Gasteiger partial charge in [-0.1, -0.05) is 42.0 Å². The predicted molar refractivity (Wildman–Crippen MR) is 153 cm³/mol. The molecule has 0 radical (unpaired) electrons. The Morgan fingerprint density at radius 3 is 2.39 bits per heavy atom. The van der Waals surface area contributed by atoms with E-state index in [1.165, 1.54) is 22.8 Å². The molecule has 2 aliphatic heterocycles. The van der Waals surface area contributed by atoms with Crippen molar-refractivity contribution in [1.82, 2.24) is 20.0 Å². The number of unbranched alkanes of at least 4 members (excludes halogenated alkanes) is 1. The van der Waals surface area contributed by atoms with Crippen LogP contribution in [0.2, 0.25) is 0 Å². The third-order valence-electron chi connectivity index (χ3n) is 7.66. The molecule has 5 N–H and O–H groups in total. The Morgan fingerprint density at radius 1 is 1.00 bits per heavy atom. The van der Waals surface area contributed by atoms with E-state index in [-0.39, 0.29) is 37.5 Å².